The maximum absolute atomic E-state index is 6.71. The molecule has 0 bridgehead atoms. The number of anilines is 1. The average molecular weight is 539 g/mol. The van der Waals surface area contributed by atoms with Crippen molar-refractivity contribution >= 4 is 48.8 Å². The van der Waals surface area contributed by atoms with Gasteiger partial charge in [0.2, 0.25) is 5.88 Å². The lowest BCUT2D eigenvalue weighted by atomic mass is 10.0. The van der Waals surface area contributed by atoms with E-state index in [9.17, 15) is 0 Å². The van der Waals surface area contributed by atoms with Gasteiger partial charge in [-0.05, 0) is 53.9 Å². The standard InChI is InChI=1S/C25H30Cl3N3O2Si/c1-7-21(33-34(5,6)25(2,3)4)16-10-8-9-15(11-16)18-14-22(30-31-24(18)28)32-23-19(26)12-17(29)13-20(23)27/h8-14,21H,7,29H2,1-6H3. The molecule has 9 heteroatoms. The van der Waals surface area contributed by atoms with Gasteiger partial charge < -0.3 is 14.9 Å². The first-order chi connectivity index (χ1) is 15.8. The van der Waals surface area contributed by atoms with E-state index >= 15 is 0 Å². The molecule has 1 atom stereocenters. The predicted molar refractivity (Wildman–Crippen MR) is 145 cm³/mol. The van der Waals surface area contributed by atoms with Crippen LogP contribution >= 0.6 is 34.8 Å². The first-order valence-electron chi connectivity index (χ1n) is 11.1. The summed E-state index contributed by atoms with van der Waals surface area (Å²) in [4.78, 5) is 0. The molecule has 2 N–H and O–H groups in total. The molecule has 3 rings (SSSR count). The molecule has 182 valence electrons. The minimum Gasteiger partial charge on any atom is -0.434 e. The van der Waals surface area contributed by atoms with Gasteiger partial charge in [0.25, 0.3) is 0 Å². The molecule has 0 aliphatic heterocycles. The van der Waals surface area contributed by atoms with E-state index in [4.69, 9.17) is 49.7 Å². The van der Waals surface area contributed by atoms with Crippen LogP contribution in [0.4, 0.5) is 5.69 Å². The first-order valence-corrected chi connectivity index (χ1v) is 15.1. The van der Waals surface area contributed by atoms with Crippen LogP contribution in [0.3, 0.4) is 0 Å². The first kappa shape index (κ1) is 26.8. The van der Waals surface area contributed by atoms with Crippen molar-refractivity contribution in [1.29, 1.82) is 0 Å². The normalized spacial score (nSPS) is 13.1. The van der Waals surface area contributed by atoms with Crippen molar-refractivity contribution in [2.45, 2.75) is 58.4 Å². The quantitative estimate of drug-likeness (QED) is 0.240. The monoisotopic (exact) mass is 537 g/mol. The molecule has 0 saturated heterocycles. The van der Waals surface area contributed by atoms with E-state index in [2.05, 4.69) is 63.1 Å². The summed E-state index contributed by atoms with van der Waals surface area (Å²) in [5, 5.41) is 9.05. The zero-order valence-electron chi connectivity index (χ0n) is 20.2. The second kappa shape index (κ2) is 10.4. The van der Waals surface area contributed by atoms with Gasteiger partial charge in [-0.1, -0.05) is 80.7 Å². The molecule has 5 nitrogen and oxygen atoms in total. The summed E-state index contributed by atoms with van der Waals surface area (Å²) in [7, 11) is -1.95. The molecule has 0 saturated carbocycles. The van der Waals surface area contributed by atoms with Crippen LogP contribution in [-0.4, -0.2) is 18.5 Å². The molecule has 2 aromatic carbocycles. The second-order valence-electron chi connectivity index (χ2n) is 9.70. The fourth-order valence-electron chi connectivity index (χ4n) is 3.22. The zero-order valence-corrected chi connectivity index (χ0v) is 23.5. The van der Waals surface area contributed by atoms with E-state index in [-0.39, 0.29) is 38.0 Å². The Kier molecular flexibility index (Phi) is 8.20. The van der Waals surface area contributed by atoms with Crippen molar-refractivity contribution in [1.82, 2.24) is 10.2 Å². The van der Waals surface area contributed by atoms with Crippen molar-refractivity contribution in [3.63, 3.8) is 0 Å². The molecule has 0 spiro atoms. The van der Waals surface area contributed by atoms with Crippen LogP contribution in [0.15, 0.2) is 42.5 Å². The number of aromatic nitrogens is 2. The molecule has 0 fully saturated rings. The maximum atomic E-state index is 6.71. The van der Waals surface area contributed by atoms with E-state index in [1.54, 1.807) is 18.2 Å². The van der Waals surface area contributed by atoms with Crippen LogP contribution in [0, 0.1) is 0 Å². The number of nitrogen functional groups attached to an aromatic ring is 1. The van der Waals surface area contributed by atoms with Crippen molar-refractivity contribution < 1.29 is 9.16 Å². The van der Waals surface area contributed by atoms with Crippen molar-refractivity contribution in [3.05, 3.63) is 63.2 Å². The maximum Gasteiger partial charge on any atom is 0.239 e. The zero-order chi connectivity index (χ0) is 25.3. The Morgan fingerprint density at radius 2 is 1.65 bits per heavy atom. The SMILES string of the molecule is CCC(O[Si](C)(C)C(C)(C)C)c1cccc(-c2cc(Oc3c(Cl)cc(N)cc3Cl)nnc2Cl)c1. The third-order valence-corrected chi connectivity index (χ3v) is 11.5. The topological polar surface area (TPSA) is 70.3 Å². The molecular formula is C25H30Cl3N3O2Si. The molecule has 1 unspecified atom stereocenters. The average Bonchev–Trinajstić information content (AvgIpc) is 2.75. The fraction of sp³-hybridized carbons (Fsp3) is 0.360. The summed E-state index contributed by atoms with van der Waals surface area (Å²) in [6.07, 6.45) is 0.846. The number of hydrogen-bond donors (Lipinski definition) is 1. The van der Waals surface area contributed by atoms with Gasteiger partial charge in [0.05, 0.1) is 16.1 Å². The summed E-state index contributed by atoms with van der Waals surface area (Å²) in [6.45, 7) is 13.4. The Hall–Kier alpha value is -1.83. The van der Waals surface area contributed by atoms with Crippen molar-refractivity contribution in [2.24, 2.45) is 0 Å². The summed E-state index contributed by atoms with van der Waals surface area (Å²) < 4.78 is 12.6. The van der Waals surface area contributed by atoms with Gasteiger partial charge >= 0.3 is 0 Å². The number of rotatable bonds is 7. The van der Waals surface area contributed by atoms with E-state index < -0.39 is 8.32 Å². The highest BCUT2D eigenvalue weighted by Gasteiger charge is 2.39. The number of hydrogen-bond acceptors (Lipinski definition) is 5. The highest BCUT2D eigenvalue weighted by molar-refractivity contribution is 6.74. The highest BCUT2D eigenvalue weighted by Crippen LogP contribution is 2.42. The molecule has 0 aliphatic carbocycles. The van der Waals surface area contributed by atoms with Gasteiger partial charge in [-0.15, -0.1) is 10.2 Å². The van der Waals surface area contributed by atoms with Gasteiger partial charge in [0, 0.05) is 17.3 Å². The predicted octanol–water partition coefficient (Wildman–Crippen LogP) is 8.95. The smallest absolute Gasteiger partial charge is 0.239 e. The number of halogens is 3. The van der Waals surface area contributed by atoms with E-state index in [1.165, 1.54) is 0 Å². The molecule has 1 aromatic heterocycles. The van der Waals surface area contributed by atoms with Gasteiger partial charge in [0.1, 0.15) is 0 Å². The molecular weight excluding hydrogens is 509 g/mol. The third kappa shape index (κ3) is 6.04. The van der Waals surface area contributed by atoms with Gasteiger partial charge in [0.15, 0.2) is 19.2 Å². The largest absolute Gasteiger partial charge is 0.434 e. The van der Waals surface area contributed by atoms with Crippen LogP contribution < -0.4 is 10.5 Å². The summed E-state index contributed by atoms with van der Waals surface area (Å²) in [6, 6.07) is 13.0. The lowest BCUT2D eigenvalue weighted by Crippen LogP contribution is -2.41. The lowest BCUT2D eigenvalue weighted by molar-refractivity contribution is 0.179. The lowest BCUT2D eigenvalue weighted by Gasteiger charge is -2.39. The Morgan fingerprint density at radius 3 is 2.24 bits per heavy atom. The number of benzene rings is 2. The number of ether oxygens (including phenoxy) is 1. The molecule has 0 aliphatic rings. The molecule has 3 aromatic rings. The third-order valence-electron chi connectivity index (χ3n) is 6.14. The van der Waals surface area contributed by atoms with Crippen molar-refractivity contribution in [2.75, 3.05) is 5.73 Å². The Labute approximate surface area is 217 Å². The van der Waals surface area contributed by atoms with E-state index in [0.717, 1.165) is 17.5 Å². The van der Waals surface area contributed by atoms with Gasteiger partial charge in [-0.3, -0.25) is 0 Å². The second-order valence-corrected chi connectivity index (χ2v) is 15.6. The Morgan fingerprint density at radius 1 is 1.00 bits per heavy atom. The molecule has 0 radical (unpaired) electrons. The Bertz CT molecular complexity index is 1160. The summed E-state index contributed by atoms with van der Waals surface area (Å²) in [5.74, 6) is 0.464. The van der Waals surface area contributed by atoms with Gasteiger partial charge in [-0.2, -0.15) is 0 Å². The highest BCUT2D eigenvalue weighted by atomic mass is 35.5. The van der Waals surface area contributed by atoms with Crippen LogP contribution in [0.25, 0.3) is 11.1 Å². The summed E-state index contributed by atoms with van der Waals surface area (Å²) >= 11 is 18.9. The van der Waals surface area contributed by atoms with Crippen LogP contribution in [0.2, 0.25) is 33.3 Å². The van der Waals surface area contributed by atoms with Crippen LogP contribution in [0.5, 0.6) is 11.6 Å². The summed E-state index contributed by atoms with van der Waals surface area (Å²) in [5.41, 5.74) is 8.86. The van der Waals surface area contributed by atoms with E-state index in [1.807, 2.05) is 12.1 Å². The molecule has 34 heavy (non-hydrogen) atoms. The minimum absolute atomic E-state index is 0.0162. The van der Waals surface area contributed by atoms with E-state index in [0.29, 0.717) is 11.3 Å². The molecule has 0 amide bonds. The van der Waals surface area contributed by atoms with Crippen molar-refractivity contribution in [3.8, 4) is 22.8 Å². The minimum atomic E-state index is -1.95. The molecule has 1 heterocycles. The Balaban J connectivity index is 1.95. The van der Waals surface area contributed by atoms with Crippen LogP contribution in [-0.2, 0) is 4.43 Å². The fourth-order valence-corrected chi connectivity index (χ4v) is 5.37. The number of nitrogens with zero attached hydrogens (tertiary/aromatic N) is 2. The number of nitrogens with two attached hydrogens (primary N) is 1. The van der Waals surface area contributed by atoms with Gasteiger partial charge in [-0.25, -0.2) is 0 Å². The van der Waals surface area contributed by atoms with Crippen LogP contribution in [0.1, 0.15) is 45.8 Å².